The summed E-state index contributed by atoms with van der Waals surface area (Å²) in [5.74, 6) is -0.148. The number of hydrogen-bond donors (Lipinski definition) is 1. The number of rotatable bonds is 5. The van der Waals surface area contributed by atoms with Gasteiger partial charge in [-0.1, -0.05) is 35.4 Å². The lowest BCUT2D eigenvalue weighted by Crippen LogP contribution is -2.31. The first-order chi connectivity index (χ1) is 14.4. The first-order valence-corrected chi connectivity index (χ1v) is 9.94. The third kappa shape index (κ3) is 3.89. The zero-order valence-corrected chi connectivity index (χ0v) is 17.3. The van der Waals surface area contributed by atoms with E-state index >= 15 is 0 Å². The van der Waals surface area contributed by atoms with Gasteiger partial charge in [-0.15, -0.1) is 0 Å². The van der Waals surface area contributed by atoms with Gasteiger partial charge < -0.3 is 9.88 Å². The number of carbonyl (C=O) groups excluding carboxylic acids is 1. The van der Waals surface area contributed by atoms with Gasteiger partial charge in [0.2, 0.25) is 0 Å². The van der Waals surface area contributed by atoms with E-state index in [1.807, 2.05) is 39.0 Å². The first kappa shape index (κ1) is 19.6. The normalized spacial score (nSPS) is 11.0. The molecule has 2 aromatic carbocycles. The summed E-state index contributed by atoms with van der Waals surface area (Å²) >= 11 is 0. The highest BCUT2D eigenvalue weighted by atomic mass is 16.1. The average Bonchev–Trinajstić information content (AvgIpc) is 3.17. The lowest BCUT2D eigenvalue weighted by Gasteiger charge is -2.08. The molecule has 0 bridgehead atoms. The van der Waals surface area contributed by atoms with Crippen molar-refractivity contribution < 1.29 is 4.79 Å². The van der Waals surface area contributed by atoms with Crippen molar-refractivity contribution >= 4 is 11.4 Å². The fourth-order valence-electron chi connectivity index (χ4n) is 3.44. The Labute approximate surface area is 174 Å². The number of amides is 1. The zero-order valence-electron chi connectivity index (χ0n) is 17.3. The molecule has 1 N–H and O–H groups in total. The Morgan fingerprint density at radius 1 is 0.967 bits per heavy atom. The van der Waals surface area contributed by atoms with Gasteiger partial charge in [0.1, 0.15) is 5.52 Å². The van der Waals surface area contributed by atoms with Crippen LogP contribution >= 0.6 is 0 Å². The smallest absolute Gasteiger partial charge is 0.276 e. The van der Waals surface area contributed by atoms with Crippen LogP contribution in [0, 0.1) is 20.8 Å². The molecular formula is C24H24N4O2. The van der Waals surface area contributed by atoms with E-state index in [9.17, 15) is 9.59 Å². The van der Waals surface area contributed by atoms with Crippen LogP contribution in [0.2, 0.25) is 0 Å². The van der Waals surface area contributed by atoms with Crippen LogP contribution in [0.1, 0.15) is 27.0 Å². The fourth-order valence-corrected chi connectivity index (χ4v) is 3.44. The Hall–Kier alpha value is -3.67. The molecule has 0 fully saturated rings. The molecule has 0 aliphatic carbocycles. The van der Waals surface area contributed by atoms with Gasteiger partial charge in [0.05, 0.1) is 5.69 Å². The van der Waals surface area contributed by atoms with Gasteiger partial charge in [0.15, 0.2) is 0 Å². The van der Waals surface area contributed by atoms with E-state index in [4.69, 9.17) is 0 Å². The van der Waals surface area contributed by atoms with Gasteiger partial charge in [-0.3, -0.25) is 9.59 Å². The highest BCUT2D eigenvalue weighted by Crippen LogP contribution is 2.23. The van der Waals surface area contributed by atoms with Gasteiger partial charge in [-0.25, -0.2) is 4.52 Å². The lowest BCUT2D eigenvalue weighted by molar-refractivity contribution is 0.0952. The minimum atomic E-state index is -0.148. The highest BCUT2D eigenvalue weighted by molar-refractivity contribution is 5.94. The van der Waals surface area contributed by atoms with Gasteiger partial charge in [0, 0.05) is 36.6 Å². The molecule has 0 saturated heterocycles. The van der Waals surface area contributed by atoms with Crippen molar-refractivity contribution in [2.24, 2.45) is 0 Å². The molecule has 0 saturated carbocycles. The third-order valence-corrected chi connectivity index (χ3v) is 5.22. The molecule has 0 spiro atoms. The molecule has 30 heavy (non-hydrogen) atoms. The molecule has 152 valence electrons. The second-order valence-corrected chi connectivity index (χ2v) is 7.60. The zero-order chi connectivity index (χ0) is 21.3. The summed E-state index contributed by atoms with van der Waals surface area (Å²) in [6, 6.07) is 15.4. The molecule has 6 heteroatoms. The van der Waals surface area contributed by atoms with Gasteiger partial charge in [0.25, 0.3) is 11.5 Å². The SMILES string of the molecule is Cc1ccc(C(=O)NCCn2ccn3nc(-c4cc(C)ccc4C)cc3c2=O)cc1. The summed E-state index contributed by atoms with van der Waals surface area (Å²) in [5, 5.41) is 7.44. The largest absolute Gasteiger partial charge is 0.350 e. The van der Waals surface area contributed by atoms with E-state index in [2.05, 4.69) is 28.6 Å². The van der Waals surface area contributed by atoms with E-state index in [1.54, 1.807) is 33.6 Å². The second kappa shape index (κ2) is 7.99. The van der Waals surface area contributed by atoms with Crippen LogP contribution in [-0.4, -0.2) is 26.6 Å². The molecule has 2 heterocycles. The predicted octanol–water partition coefficient (Wildman–Crippen LogP) is 3.52. The predicted molar refractivity (Wildman–Crippen MR) is 118 cm³/mol. The summed E-state index contributed by atoms with van der Waals surface area (Å²) in [6.07, 6.45) is 3.47. The summed E-state index contributed by atoms with van der Waals surface area (Å²) in [4.78, 5) is 25.1. The Kier molecular flexibility index (Phi) is 5.23. The topological polar surface area (TPSA) is 68.4 Å². The fraction of sp³-hybridized carbons (Fsp3) is 0.208. The first-order valence-electron chi connectivity index (χ1n) is 9.94. The van der Waals surface area contributed by atoms with Crippen molar-refractivity contribution in [3.63, 3.8) is 0 Å². The van der Waals surface area contributed by atoms with E-state index in [0.717, 1.165) is 27.9 Å². The van der Waals surface area contributed by atoms with Crippen LogP contribution in [0.15, 0.2) is 65.7 Å². The number of nitrogens with zero attached hydrogens (tertiary/aromatic N) is 3. The maximum Gasteiger partial charge on any atom is 0.276 e. The molecule has 4 rings (SSSR count). The standard InChI is InChI=1S/C24H24N4O2/c1-16-5-8-19(9-6-16)23(29)25-10-11-27-12-13-28-22(24(27)30)15-21(26-28)20-14-17(2)4-7-18(20)3/h4-9,12-15H,10-11H2,1-3H3,(H,25,29). The number of aryl methyl sites for hydroxylation is 3. The van der Waals surface area contributed by atoms with Crippen molar-refractivity contribution in [1.29, 1.82) is 0 Å². The minimum absolute atomic E-state index is 0.133. The van der Waals surface area contributed by atoms with Crippen molar-refractivity contribution in [3.8, 4) is 11.3 Å². The Bertz CT molecular complexity index is 1280. The molecule has 0 unspecified atom stereocenters. The Morgan fingerprint density at radius 2 is 1.70 bits per heavy atom. The number of hydrogen-bond acceptors (Lipinski definition) is 3. The summed E-state index contributed by atoms with van der Waals surface area (Å²) in [7, 11) is 0. The monoisotopic (exact) mass is 400 g/mol. The molecular weight excluding hydrogens is 376 g/mol. The second-order valence-electron chi connectivity index (χ2n) is 7.60. The lowest BCUT2D eigenvalue weighted by atomic mass is 10.0. The van der Waals surface area contributed by atoms with Crippen LogP contribution in [0.25, 0.3) is 16.8 Å². The maximum absolute atomic E-state index is 12.9. The summed E-state index contributed by atoms with van der Waals surface area (Å²) in [6.45, 7) is 6.80. The average molecular weight is 400 g/mol. The quantitative estimate of drug-likeness (QED) is 0.557. The van der Waals surface area contributed by atoms with E-state index in [1.165, 1.54) is 0 Å². The molecule has 0 aliphatic rings. The van der Waals surface area contributed by atoms with Crippen LogP contribution in [0.5, 0.6) is 0 Å². The number of carbonyl (C=O) groups is 1. The molecule has 6 nitrogen and oxygen atoms in total. The van der Waals surface area contributed by atoms with Crippen molar-refractivity contribution in [1.82, 2.24) is 19.5 Å². The minimum Gasteiger partial charge on any atom is -0.350 e. The van der Waals surface area contributed by atoms with Crippen LogP contribution in [-0.2, 0) is 6.54 Å². The van der Waals surface area contributed by atoms with Crippen LogP contribution in [0.3, 0.4) is 0 Å². The molecule has 1 amide bonds. The van der Waals surface area contributed by atoms with E-state index in [-0.39, 0.29) is 11.5 Å². The van der Waals surface area contributed by atoms with Gasteiger partial charge >= 0.3 is 0 Å². The molecule has 2 aromatic heterocycles. The number of nitrogens with one attached hydrogen (secondary N) is 1. The molecule has 0 aliphatic heterocycles. The number of benzene rings is 2. The van der Waals surface area contributed by atoms with Crippen LogP contribution in [0.4, 0.5) is 0 Å². The molecule has 0 atom stereocenters. The third-order valence-electron chi connectivity index (χ3n) is 5.22. The van der Waals surface area contributed by atoms with Gasteiger partial charge in [-0.2, -0.15) is 5.10 Å². The molecule has 0 radical (unpaired) electrons. The Balaban J connectivity index is 1.52. The number of aromatic nitrogens is 3. The summed E-state index contributed by atoms with van der Waals surface area (Å²) < 4.78 is 3.21. The summed E-state index contributed by atoms with van der Waals surface area (Å²) in [5.41, 5.74) is 6.15. The van der Waals surface area contributed by atoms with Crippen molar-refractivity contribution in [2.45, 2.75) is 27.3 Å². The van der Waals surface area contributed by atoms with Crippen molar-refractivity contribution in [3.05, 3.63) is 93.5 Å². The maximum atomic E-state index is 12.9. The van der Waals surface area contributed by atoms with E-state index < -0.39 is 0 Å². The van der Waals surface area contributed by atoms with Crippen molar-refractivity contribution in [2.75, 3.05) is 6.54 Å². The molecule has 4 aromatic rings. The Morgan fingerprint density at radius 3 is 2.47 bits per heavy atom. The van der Waals surface area contributed by atoms with E-state index in [0.29, 0.717) is 24.2 Å². The highest BCUT2D eigenvalue weighted by Gasteiger charge is 2.11. The van der Waals surface area contributed by atoms with Gasteiger partial charge in [-0.05, 0) is 50.6 Å². The van der Waals surface area contributed by atoms with Crippen LogP contribution < -0.4 is 10.9 Å². The number of fused-ring (bicyclic) bond motifs is 1.